The average Bonchev–Trinajstić information content (AvgIpc) is 2.87. The lowest BCUT2D eigenvalue weighted by Crippen LogP contribution is -2.05. The molecule has 0 spiro atoms. The van der Waals surface area contributed by atoms with E-state index in [0.717, 1.165) is 24.7 Å². The maximum atomic E-state index is 5.92. The second kappa shape index (κ2) is 15.0. The Kier molecular flexibility index (Phi) is 11.6. The van der Waals surface area contributed by atoms with Crippen molar-refractivity contribution >= 4 is 5.57 Å². The smallest absolute Gasteiger partial charge is 0.119 e. The zero-order valence-corrected chi connectivity index (χ0v) is 21.3. The SMILES string of the molecule is CCCCCCCOc1ccc(-c2ccc(C3=CCC(CCCCCCC)CC3)cc2)cc1. The Morgan fingerprint density at radius 2 is 1.24 bits per heavy atom. The monoisotopic (exact) mass is 446 g/mol. The van der Waals surface area contributed by atoms with Gasteiger partial charge < -0.3 is 4.74 Å². The van der Waals surface area contributed by atoms with Crippen LogP contribution in [-0.4, -0.2) is 6.61 Å². The molecule has 0 amide bonds. The number of allylic oxidation sites excluding steroid dienone is 2. The first-order chi connectivity index (χ1) is 16.3. The molecule has 1 aliphatic rings. The standard InChI is InChI=1S/C32H46O/c1-3-5-7-9-11-13-27-14-16-28(17-15-27)29-18-20-30(21-19-29)31-22-24-32(25-23-31)33-26-12-10-8-6-4-2/h16,18-25,27H,3-15,17,26H2,1-2H3. The van der Waals surface area contributed by atoms with Crippen LogP contribution in [0.25, 0.3) is 16.7 Å². The van der Waals surface area contributed by atoms with Crippen LogP contribution in [0, 0.1) is 5.92 Å². The van der Waals surface area contributed by atoms with E-state index in [1.165, 1.54) is 100 Å². The minimum atomic E-state index is 0.826. The second-order valence-corrected chi connectivity index (χ2v) is 9.94. The molecule has 1 atom stereocenters. The predicted molar refractivity (Wildman–Crippen MR) is 145 cm³/mol. The molecule has 0 fully saturated rings. The highest BCUT2D eigenvalue weighted by Crippen LogP contribution is 2.34. The van der Waals surface area contributed by atoms with Gasteiger partial charge in [-0.1, -0.05) is 121 Å². The van der Waals surface area contributed by atoms with Crippen LogP contribution in [0.15, 0.2) is 54.6 Å². The van der Waals surface area contributed by atoms with Gasteiger partial charge in [-0.05, 0) is 66.0 Å². The van der Waals surface area contributed by atoms with Crippen LogP contribution in [0.4, 0.5) is 0 Å². The molecule has 0 radical (unpaired) electrons. The van der Waals surface area contributed by atoms with Crippen molar-refractivity contribution in [2.75, 3.05) is 6.61 Å². The normalized spacial score (nSPS) is 15.9. The van der Waals surface area contributed by atoms with Crippen LogP contribution in [0.2, 0.25) is 0 Å². The molecular formula is C32H46O. The van der Waals surface area contributed by atoms with Crippen LogP contribution >= 0.6 is 0 Å². The summed E-state index contributed by atoms with van der Waals surface area (Å²) in [4.78, 5) is 0. The van der Waals surface area contributed by atoms with E-state index in [-0.39, 0.29) is 0 Å². The van der Waals surface area contributed by atoms with Gasteiger partial charge in [0.25, 0.3) is 0 Å². The highest BCUT2D eigenvalue weighted by atomic mass is 16.5. The van der Waals surface area contributed by atoms with E-state index in [1.54, 1.807) is 5.57 Å². The van der Waals surface area contributed by atoms with Crippen molar-refractivity contribution in [3.05, 3.63) is 60.2 Å². The summed E-state index contributed by atoms with van der Waals surface area (Å²) >= 11 is 0. The molecule has 0 saturated heterocycles. The molecular weight excluding hydrogens is 400 g/mol. The molecule has 1 aliphatic carbocycles. The fourth-order valence-corrected chi connectivity index (χ4v) is 4.97. The Labute approximate surface area is 203 Å². The summed E-state index contributed by atoms with van der Waals surface area (Å²) in [6, 6.07) is 17.8. The van der Waals surface area contributed by atoms with E-state index >= 15 is 0 Å². The molecule has 2 aromatic carbocycles. The van der Waals surface area contributed by atoms with Crippen LogP contribution in [0.3, 0.4) is 0 Å². The molecule has 1 heteroatoms. The highest BCUT2D eigenvalue weighted by Gasteiger charge is 2.15. The summed E-state index contributed by atoms with van der Waals surface area (Å²) in [7, 11) is 0. The molecule has 1 unspecified atom stereocenters. The van der Waals surface area contributed by atoms with Gasteiger partial charge in [0.2, 0.25) is 0 Å². The number of hydrogen-bond acceptors (Lipinski definition) is 1. The first-order valence-corrected chi connectivity index (χ1v) is 13.8. The summed E-state index contributed by atoms with van der Waals surface area (Å²) in [5, 5.41) is 0. The molecule has 0 heterocycles. The molecule has 0 aromatic heterocycles. The molecule has 180 valence electrons. The fourth-order valence-electron chi connectivity index (χ4n) is 4.97. The van der Waals surface area contributed by atoms with Crippen molar-refractivity contribution in [1.82, 2.24) is 0 Å². The third-order valence-electron chi connectivity index (χ3n) is 7.20. The lowest BCUT2D eigenvalue weighted by Gasteiger charge is -2.22. The first kappa shape index (κ1) is 25.6. The van der Waals surface area contributed by atoms with E-state index in [0.29, 0.717) is 0 Å². The molecule has 33 heavy (non-hydrogen) atoms. The van der Waals surface area contributed by atoms with Crippen molar-refractivity contribution < 1.29 is 4.74 Å². The topological polar surface area (TPSA) is 9.23 Å². The minimum Gasteiger partial charge on any atom is -0.494 e. The summed E-state index contributed by atoms with van der Waals surface area (Å²) in [5.41, 5.74) is 5.50. The van der Waals surface area contributed by atoms with Crippen LogP contribution in [0.5, 0.6) is 5.75 Å². The third kappa shape index (κ3) is 9.03. The summed E-state index contributed by atoms with van der Waals surface area (Å²) in [6.45, 7) is 5.38. The maximum absolute atomic E-state index is 5.92. The Bertz CT molecular complexity index is 799. The van der Waals surface area contributed by atoms with Gasteiger partial charge in [-0.2, -0.15) is 0 Å². The third-order valence-corrected chi connectivity index (χ3v) is 7.20. The Hall–Kier alpha value is -2.02. The van der Waals surface area contributed by atoms with Gasteiger partial charge in [-0.15, -0.1) is 0 Å². The van der Waals surface area contributed by atoms with Crippen LogP contribution in [-0.2, 0) is 0 Å². The predicted octanol–water partition coefficient (Wildman–Crippen LogP) is 10.2. The first-order valence-electron chi connectivity index (χ1n) is 13.8. The molecule has 0 bridgehead atoms. The highest BCUT2D eigenvalue weighted by molar-refractivity contribution is 5.71. The summed E-state index contributed by atoms with van der Waals surface area (Å²) < 4.78 is 5.92. The number of ether oxygens (including phenoxy) is 1. The van der Waals surface area contributed by atoms with Gasteiger partial charge in [0, 0.05) is 0 Å². The van der Waals surface area contributed by atoms with E-state index in [9.17, 15) is 0 Å². The van der Waals surface area contributed by atoms with E-state index < -0.39 is 0 Å². The number of benzene rings is 2. The molecule has 0 aliphatic heterocycles. The van der Waals surface area contributed by atoms with Crippen LogP contribution < -0.4 is 4.74 Å². The Morgan fingerprint density at radius 3 is 1.85 bits per heavy atom. The lowest BCUT2D eigenvalue weighted by molar-refractivity contribution is 0.304. The van der Waals surface area contributed by atoms with E-state index in [4.69, 9.17) is 4.74 Å². The Morgan fingerprint density at radius 1 is 0.667 bits per heavy atom. The van der Waals surface area contributed by atoms with Crippen molar-refractivity contribution in [2.45, 2.75) is 104 Å². The van der Waals surface area contributed by atoms with Gasteiger partial charge in [-0.25, -0.2) is 0 Å². The van der Waals surface area contributed by atoms with E-state index in [2.05, 4.69) is 68.5 Å². The number of rotatable bonds is 15. The average molecular weight is 447 g/mol. The van der Waals surface area contributed by atoms with Crippen molar-refractivity contribution in [1.29, 1.82) is 0 Å². The minimum absolute atomic E-state index is 0.826. The molecule has 0 saturated carbocycles. The van der Waals surface area contributed by atoms with Gasteiger partial charge in [0.1, 0.15) is 5.75 Å². The Balaban J connectivity index is 1.43. The van der Waals surface area contributed by atoms with Gasteiger partial charge in [-0.3, -0.25) is 0 Å². The quantitative estimate of drug-likeness (QED) is 0.247. The van der Waals surface area contributed by atoms with Crippen molar-refractivity contribution in [3.63, 3.8) is 0 Å². The van der Waals surface area contributed by atoms with Crippen molar-refractivity contribution in [2.24, 2.45) is 5.92 Å². The largest absolute Gasteiger partial charge is 0.494 e. The zero-order chi connectivity index (χ0) is 23.1. The van der Waals surface area contributed by atoms with E-state index in [1.807, 2.05) is 0 Å². The summed E-state index contributed by atoms with van der Waals surface area (Å²) in [5.74, 6) is 1.89. The van der Waals surface area contributed by atoms with Crippen molar-refractivity contribution in [3.8, 4) is 16.9 Å². The maximum Gasteiger partial charge on any atom is 0.119 e. The second-order valence-electron chi connectivity index (χ2n) is 9.94. The number of hydrogen-bond donors (Lipinski definition) is 0. The molecule has 1 nitrogen and oxygen atoms in total. The molecule has 2 aromatic rings. The van der Waals surface area contributed by atoms with Gasteiger partial charge >= 0.3 is 0 Å². The molecule has 3 rings (SSSR count). The zero-order valence-electron chi connectivity index (χ0n) is 21.3. The fraction of sp³-hybridized carbons (Fsp3) is 0.562. The lowest BCUT2D eigenvalue weighted by atomic mass is 9.83. The van der Waals surface area contributed by atoms with Gasteiger partial charge in [0.05, 0.1) is 6.61 Å². The van der Waals surface area contributed by atoms with Gasteiger partial charge in [0.15, 0.2) is 0 Å². The molecule has 0 N–H and O–H groups in total. The number of unbranched alkanes of at least 4 members (excludes halogenated alkanes) is 8. The summed E-state index contributed by atoms with van der Waals surface area (Å²) in [6.07, 6.45) is 21.2. The van der Waals surface area contributed by atoms with Crippen LogP contribution in [0.1, 0.15) is 109 Å².